The molecule has 0 saturated carbocycles. The predicted molar refractivity (Wildman–Crippen MR) is 79.3 cm³/mol. The Balaban J connectivity index is 1.97. The van der Waals surface area contributed by atoms with Gasteiger partial charge in [-0.25, -0.2) is 14.4 Å². The van der Waals surface area contributed by atoms with Crippen LogP contribution in [0.15, 0.2) is 30.5 Å². The summed E-state index contributed by atoms with van der Waals surface area (Å²) in [5.74, 6) is 0.439. The topological polar surface area (TPSA) is 58.0 Å². The number of aryl methyl sites for hydroxylation is 2. The van der Waals surface area contributed by atoms with Crippen LogP contribution in [0.25, 0.3) is 0 Å². The number of hydrogen-bond acceptors (Lipinski definition) is 4. The van der Waals surface area contributed by atoms with Gasteiger partial charge in [-0.2, -0.15) is 0 Å². The van der Waals surface area contributed by atoms with Crippen molar-refractivity contribution in [3.8, 4) is 0 Å². The molecule has 1 aromatic carbocycles. The second kappa shape index (κ2) is 6.74. The molecule has 2 N–H and O–H groups in total. The summed E-state index contributed by atoms with van der Waals surface area (Å²) in [7, 11) is 0. The van der Waals surface area contributed by atoms with E-state index in [0.717, 1.165) is 17.1 Å². The van der Waals surface area contributed by atoms with E-state index in [2.05, 4.69) is 15.3 Å². The zero-order valence-corrected chi connectivity index (χ0v) is 12.5. The molecule has 2 rings (SSSR count). The Bertz CT molecular complexity index is 601. The molecule has 0 radical (unpaired) electrons. The number of halogens is 1. The van der Waals surface area contributed by atoms with Gasteiger partial charge in [0.15, 0.2) is 0 Å². The van der Waals surface area contributed by atoms with E-state index < -0.39 is 6.10 Å². The second-order valence-corrected chi connectivity index (χ2v) is 5.16. The van der Waals surface area contributed by atoms with Crippen LogP contribution < -0.4 is 5.32 Å². The van der Waals surface area contributed by atoms with Crippen molar-refractivity contribution in [3.05, 3.63) is 58.9 Å². The van der Waals surface area contributed by atoms with Crippen molar-refractivity contribution in [1.82, 2.24) is 15.3 Å². The average Bonchev–Trinajstić information content (AvgIpc) is 2.45. The molecule has 0 fully saturated rings. The highest BCUT2D eigenvalue weighted by molar-refractivity contribution is 5.21. The van der Waals surface area contributed by atoms with E-state index in [4.69, 9.17) is 0 Å². The molecule has 1 aromatic heterocycles. The van der Waals surface area contributed by atoms with Crippen LogP contribution in [-0.2, 0) is 0 Å². The van der Waals surface area contributed by atoms with Gasteiger partial charge in [-0.05, 0) is 38.5 Å². The Morgan fingerprint density at radius 1 is 1.24 bits per heavy atom. The number of rotatable bonds is 5. The van der Waals surface area contributed by atoms with Gasteiger partial charge in [0.25, 0.3) is 0 Å². The molecule has 1 heterocycles. The van der Waals surface area contributed by atoms with Gasteiger partial charge in [0.1, 0.15) is 11.6 Å². The number of nitrogens with one attached hydrogen (secondary N) is 1. The average molecular weight is 289 g/mol. The third-order valence-corrected chi connectivity index (χ3v) is 3.48. The standard InChI is InChI=1S/C16H20FN3O/c1-10(15-8-19-12(3)20-11(15)2)18-9-16(21)13-4-6-14(17)7-5-13/h4-8,10,16,18,21H,9H2,1-3H3. The smallest absolute Gasteiger partial charge is 0.125 e. The highest BCUT2D eigenvalue weighted by Gasteiger charge is 2.13. The van der Waals surface area contributed by atoms with Crippen molar-refractivity contribution in [1.29, 1.82) is 0 Å². The fourth-order valence-corrected chi connectivity index (χ4v) is 2.22. The van der Waals surface area contributed by atoms with E-state index in [1.807, 2.05) is 20.8 Å². The lowest BCUT2D eigenvalue weighted by Crippen LogP contribution is -2.25. The quantitative estimate of drug-likeness (QED) is 0.888. The summed E-state index contributed by atoms with van der Waals surface area (Å²) >= 11 is 0. The van der Waals surface area contributed by atoms with Crippen molar-refractivity contribution < 1.29 is 9.50 Å². The van der Waals surface area contributed by atoms with Crippen molar-refractivity contribution in [2.75, 3.05) is 6.54 Å². The van der Waals surface area contributed by atoms with Crippen molar-refractivity contribution in [2.45, 2.75) is 32.9 Å². The second-order valence-electron chi connectivity index (χ2n) is 5.16. The molecule has 0 spiro atoms. The molecular weight excluding hydrogens is 269 g/mol. The van der Waals surface area contributed by atoms with E-state index >= 15 is 0 Å². The molecule has 2 unspecified atom stereocenters. The van der Waals surface area contributed by atoms with Crippen LogP contribution in [0.3, 0.4) is 0 Å². The number of aromatic nitrogens is 2. The van der Waals surface area contributed by atoms with E-state index in [1.54, 1.807) is 18.3 Å². The molecule has 2 aromatic rings. The van der Waals surface area contributed by atoms with Gasteiger partial charge in [-0.3, -0.25) is 0 Å². The van der Waals surface area contributed by atoms with E-state index in [1.165, 1.54) is 12.1 Å². The number of nitrogens with zero attached hydrogens (tertiary/aromatic N) is 2. The summed E-state index contributed by atoms with van der Waals surface area (Å²) in [6, 6.07) is 5.90. The van der Waals surface area contributed by atoms with Crippen LogP contribution in [0, 0.1) is 19.7 Å². The van der Waals surface area contributed by atoms with E-state index in [9.17, 15) is 9.50 Å². The maximum absolute atomic E-state index is 12.9. The predicted octanol–water partition coefficient (Wildman–Crippen LogP) is 2.62. The number of hydrogen-bond donors (Lipinski definition) is 2. The minimum absolute atomic E-state index is 0.0284. The molecule has 0 aliphatic heterocycles. The zero-order chi connectivity index (χ0) is 15.4. The van der Waals surface area contributed by atoms with Crippen molar-refractivity contribution in [3.63, 3.8) is 0 Å². The van der Waals surface area contributed by atoms with E-state index in [-0.39, 0.29) is 11.9 Å². The Morgan fingerprint density at radius 2 is 1.90 bits per heavy atom. The third kappa shape index (κ3) is 4.06. The SMILES string of the molecule is Cc1ncc(C(C)NCC(O)c2ccc(F)cc2)c(C)n1. The molecule has 0 aliphatic rings. The highest BCUT2D eigenvalue weighted by atomic mass is 19.1. The summed E-state index contributed by atoms with van der Waals surface area (Å²) in [6.07, 6.45) is 1.12. The lowest BCUT2D eigenvalue weighted by atomic mass is 10.1. The molecule has 0 bridgehead atoms. The molecule has 0 aliphatic carbocycles. The molecule has 4 nitrogen and oxygen atoms in total. The lowest BCUT2D eigenvalue weighted by molar-refractivity contribution is 0.170. The minimum atomic E-state index is -0.681. The van der Waals surface area contributed by atoms with Crippen LogP contribution >= 0.6 is 0 Å². The maximum atomic E-state index is 12.9. The Kier molecular flexibility index (Phi) is 4.98. The lowest BCUT2D eigenvalue weighted by Gasteiger charge is -2.18. The fourth-order valence-electron chi connectivity index (χ4n) is 2.22. The van der Waals surface area contributed by atoms with Crippen molar-refractivity contribution >= 4 is 0 Å². The monoisotopic (exact) mass is 289 g/mol. The number of aliphatic hydroxyl groups excluding tert-OH is 1. The summed E-state index contributed by atoms with van der Waals surface area (Å²) in [6.45, 7) is 6.17. The zero-order valence-electron chi connectivity index (χ0n) is 12.5. The largest absolute Gasteiger partial charge is 0.387 e. The van der Waals surface area contributed by atoms with Gasteiger partial charge in [-0.15, -0.1) is 0 Å². The van der Waals surface area contributed by atoms with Crippen LogP contribution in [0.4, 0.5) is 4.39 Å². The molecule has 21 heavy (non-hydrogen) atoms. The normalized spacial score (nSPS) is 14.0. The summed E-state index contributed by atoms with van der Waals surface area (Å²) in [4.78, 5) is 8.54. The van der Waals surface area contributed by atoms with Gasteiger partial charge in [0.05, 0.1) is 6.10 Å². The Labute approximate surface area is 124 Å². The van der Waals surface area contributed by atoms with Crippen LogP contribution in [-0.4, -0.2) is 21.6 Å². The third-order valence-electron chi connectivity index (χ3n) is 3.48. The van der Waals surface area contributed by atoms with Crippen LogP contribution in [0.5, 0.6) is 0 Å². The summed E-state index contributed by atoms with van der Waals surface area (Å²) in [5, 5.41) is 13.4. The molecule has 0 saturated heterocycles. The van der Waals surface area contributed by atoms with Gasteiger partial charge in [0.2, 0.25) is 0 Å². The first kappa shape index (κ1) is 15.5. The fraction of sp³-hybridized carbons (Fsp3) is 0.375. The van der Waals surface area contributed by atoms with Crippen LogP contribution in [0.1, 0.15) is 41.7 Å². The molecule has 5 heteroatoms. The van der Waals surface area contributed by atoms with E-state index in [0.29, 0.717) is 12.1 Å². The van der Waals surface area contributed by atoms with Gasteiger partial charge < -0.3 is 10.4 Å². The highest BCUT2D eigenvalue weighted by Crippen LogP contribution is 2.17. The first-order valence-electron chi connectivity index (χ1n) is 6.94. The number of benzene rings is 1. The van der Waals surface area contributed by atoms with Crippen LogP contribution in [0.2, 0.25) is 0 Å². The first-order valence-corrected chi connectivity index (χ1v) is 6.94. The molecule has 0 amide bonds. The molecule has 2 atom stereocenters. The van der Waals surface area contributed by atoms with Gasteiger partial charge >= 0.3 is 0 Å². The maximum Gasteiger partial charge on any atom is 0.125 e. The Hall–Kier alpha value is -1.85. The van der Waals surface area contributed by atoms with Gasteiger partial charge in [0, 0.05) is 30.0 Å². The molecule has 112 valence electrons. The summed E-state index contributed by atoms with van der Waals surface area (Å²) < 4.78 is 12.9. The molecular formula is C16H20FN3O. The summed E-state index contributed by atoms with van der Waals surface area (Å²) in [5.41, 5.74) is 2.62. The Morgan fingerprint density at radius 3 is 2.52 bits per heavy atom. The first-order chi connectivity index (χ1) is 9.97. The number of aliphatic hydroxyl groups is 1. The van der Waals surface area contributed by atoms with Crippen molar-refractivity contribution in [2.24, 2.45) is 0 Å². The van der Waals surface area contributed by atoms with Gasteiger partial charge in [-0.1, -0.05) is 12.1 Å². The minimum Gasteiger partial charge on any atom is -0.387 e.